The Hall–Kier alpha value is -2.99. The molecule has 0 radical (unpaired) electrons. The Morgan fingerprint density at radius 2 is 1.76 bits per heavy atom. The molecule has 1 N–H and O–H groups in total. The van der Waals surface area contributed by atoms with Crippen LogP contribution in [0.1, 0.15) is 56.9 Å². The maximum absolute atomic E-state index is 13.5. The normalized spacial score (nSPS) is 13.6. The fourth-order valence-corrected chi connectivity index (χ4v) is 4.33. The van der Waals surface area contributed by atoms with Crippen LogP contribution in [0.15, 0.2) is 54.6 Å². The average Bonchev–Trinajstić information content (AvgIpc) is 3.58. The molecule has 1 aliphatic rings. The number of aryl methyl sites for hydroxylation is 2. The molecule has 1 amide bonds. The minimum Gasteiger partial charge on any atom is -0.493 e. The summed E-state index contributed by atoms with van der Waals surface area (Å²) in [4.78, 5) is 13.0. The van der Waals surface area contributed by atoms with Crippen molar-refractivity contribution in [2.24, 2.45) is 0 Å². The Kier molecular flexibility index (Phi) is 6.89. The van der Waals surface area contributed by atoms with E-state index in [1.165, 1.54) is 12.1 Å². The maximum Gasteiger partial charge on any atom is 0.418 e. The van der Waals surface area contributed by atoms with Gasteiger partial charge in [-0.05, 0) is 91.3 Å². The zero-order valence-corrected chi connectivity index (χ0v) is 19.7. The van der Waals surface area contributed by atoms with Crippen molar-refractivity contribution in [2.45, 2.75) is 45.2 Å². The number of amides is 1. The van der Waals surface area contributed by atoms with Gasteiger partial charge < -0.3 is 10.1 Å². The zero-order valence-electron chi connectivity index (χ0n) is 18.9. The molecule has 0 bridgehead atoms. The third-order valence-corrected chi connectivity index (χ3v) is 6.16. The summed E-state index contributed by atoms with van der Waals surface area (Å²) in [5.74, 6) is 0.295. The van der Waals surface area contributed by atoms with Gasteiger partial charge in [0.1, 0.15) is 5.75 Å². The summed E-state index contributed by atoms with van der Waals surface area (Å²) < 4.78 is 46.5. The van der Waals surface area contributed by atoms with E-state index >= 15 is 0 Å². The number of carbonyl (C=O) groups is 1. The Morgan fingerprint density at radius 1 is 1.06 bits per heavy atom. The number of alkyl halides is 3. The molecule has 1 saturated carbocycles. The van der Waals surface area contributed by atoms with E-state index in [0.29, 0.717) is 40.5 Å². The van der Waals surface area contributed by atoms with E-state index in [2.05, 4.69) is 5.32 Å². The Morgan fingerprint density at radius 3 is 2.38 bits per heavy atom. The highest BCUT2D eigenvalue weighted by atomic mass is 35.5. The van der Waals surface area contributed by atoms with E-state index in [-0.39, 0.29) is 11.6 Å². The van der Waals surface area contributed by atoms with Gasteiger partial charge in [-0.15, -0.1) is 0 Å². The number of nitrogens with one attached hydrogen (secondary N) is 1. The van der Waals surface area contributed by atoms with Crippen LogP contribution in [0.5, 0.6) is 5.75 Å². The smallest absolute Gasteiger partial charge is 0.418 e. The van der Waals surface area contributed by atoms with Crippen LogP contribution in [0.25, 0.3) is 0 Å². The number of hydrogen-bond donors (Lipinski definition) is 1. The number of halogens is 4. The minimum absolute atomic E-state index is 0.206. The SMILES string of the molecule is Cc1cc(OCCc2cccc(Cl)c2)cc(C)c1C(=O)Nc1cc(C2CC2)ccc1C(F)(F)F. The summed E-state index contributed by atoms with van der Waals surface area (Å²) in [5.41, 5.74) is 2.41. The fraction of sp³-hybridized carbons (Fsp3) is 0.296. The second kappa shape index (κ2) is 9.71. The number of carbonyl (C=O) groups excluding carboxylic acids is 1. The van der Waals surface area contributed by atoms with Crippen LogP contribution in [-0.4, -0.2) is 12.5 Å². The fourth-order valence-electron chi connectivity index (χ4n) is 4.11. The van der Waals surface area contributed by atoms with Gasteiger partial charge in [0.2, 0.25) is 0 Å². The molecule has 1 fully saturated rings. The van der Waals surface area contributed by atoms with Crippen LogP contribution in [-0.2, 0) is 12.6 Å². The Balaban J connectivity index is 1.50. The van der Waals surface area contributed by atoms with Gasteiger partial charge in [-0.2, -0.15) is 13.2 Å². The number of benzene rings is 3. The number of rotatable bonds is 7. The van der Waals surface area contributed by atoms with Crippen molar-refractivity contribution in [1.29, 1.82) is 0 Å². The second-order valence-corrected chi connectivity index (χ2v) is 9.13. The summed E-state index contributed by atoms with van der Waals surface area (Å²) in [7, 11) is 0. The summed E-state index contributed by atoms with van der Waals surface area (Å²) in [6.07, 6.45) is -1.99. The van der Waals surface area contributed by atoms with Gasteiger partial charge in [0.05, 0.1) is 17.9 Å². The topological polar surface area (TPSA) is 38.3 Å². The molecule has 34 heavy (non-hydrogen) atoms. The van der Waals surface area contributed by atoms with E-state index < -0.39 is 17.6 Å². The highest BCUT2D eigenvalue weighted by molar-refractivity contribution is 6.30. The number of anilines is 1. The highest BCUT2D eigenvalue weighted by Gasteiger charge is 2.35. The summed E-state index contributed by atoms with van der Waals surface area (Å²) in [5, 5.41) is 3.18. The molecule has 0 heterocycles. The zero-order chi connectivity index (χ0) is 24.5. The first-order chi connectivity index (χ1) is 16.1. The predicted molar refractivity (Wildman–Crippen MR) is 128 cm³/mol. The van der Waals surface area contributed by atoms with Gasteiger partial charge >= 0.3 is 6.18 Å². The third kappa shape index (κ3) is 5.73. The van der Waals surface area contributed by atoms with E-state index in [1.807, 2.05) is 24.3 Å². The van der Waals surface area contributed by atoms with Crippen molar-refractivity contribution in [1.82, 2.24) is 0 Å². The van der Waals surface area contributed by atoms with Crippen LogP contribution in [0.2, 0.25) is 5.02 Å². The van der Waals surface area contributed by atoms with E-state index in [9.17, 15) is 18.0 Å². The van der Waals surface area contributed by atoms with Gasteiger partial charge in [0.15, 0.2) is 0 Å². The Labute approximate surface area is 201 Å². The van der Waals surface area contributed by atoms with Gasteiger partial charge in [0, 0.05) is 17.0 Å². The first-order valence-corrected chi connectivity index (χ1v) is 11.5. The van der Waals surface area contributed by atoms with Crippen molar-refractivity contribution in [2.75, 3.05) is 11.9 Å². The average molecular weight is 488 g/mol. The van der Waals surface area contributed by atoms with Crippen LogP contribution in [0.3, 0.4) is 0 Å². The van der Waals surface area contributed by atoms with Crippen LogP contribution in [0, 0.1) is 13.8 Å². The van der Waals surface area contributed by atoms with E-state index in [0.717, 1.165) is 30.0 Å². The van der Waals surface area contributed by atoms with E-state index in [1.54, 1.807) is 26.0 Å². The van der Waals surface area contributed by atoms with Crippen molar-refractivity contribution >= 4 is 23.2 Å². The van der Waals surface area contributed by atoms with Crippen LogP contribution >= 0.6 is 11.6 Å². The standard InChI is InChI=1S/C27H25ClF3NO2/c1-16-12-22(34-11-10-18-4-3-5-21(28)14-18)13-17(2)25(16)26(33)32-24-15-20(19-6-7-19)8-9-23(24)27(29,30)31/h3-5,8-9,12-15,19H,6-7,10-11H2,1-2H3,(H,32,33). The molecule has 178 valence electrons. The van der Waals surface area contributed by atoms with Crippen LogP contribution in [0.4, 0.5) is 18.9 Å². The molecular weight excluding hydrogens is 463 g/mol. The minimum atomic E-state index is -4.56. The molecule has 1 aliphatic carbocycles. The molecule has 0 aromatic heterocycles. The molecule has 0 saturated heterocycles. The molecule has 0 spiro atoms. The Bertz CT molecular complexity index is 1200. The van der Waals surface area contributed by atoms with Gasteiger partial charge in [-0.3, -0.25) is 4.79 Å². The first-order valence-electron chi connectivity index (χ1n) is 11.1. The summed E-state index contributed by atoms with van der Waals surface area (Å²) in [6.45, 7) is 3.92. The largest absolute Gasteiger partial charge is 0.493 e. The van der Waals surface area contributed by atoms with Gasteiger partial charge in [-0.25, -0.2) is 0 Å². The van der Waals surface area contributed by atoms with Crippen LogP contribution < -0.4 is 10.1 Å². The summed E-state index contributed by atoms with van der Waals surface area (Å²) in [6, 6.07) is 15.0. The lowest BCUT2D eigenvalue weighted by atomic mass is 10.0. The predicted octanol–water partition coefficient (Wildman–Crippen LogP) is 7.73. The van der Waals surface area contributed by atoms with Crippen molar-refractivity contribution in [3.8, 4) is 5.75 Å². The molecule has 3 aromatic carbocycles. The lowest BCUT2D eigenvalue weighted by molar-refractivity contribution is -0.136. The maximum atomic E-state index is 13.5. The van der Waals surface area contributed by atoms with Gasteiger partial charge in [0.25, 0.3) is 5.91 Å². The number of ether oxygens (including phenoxy) is 1. The third-order valence-electron chi connectivity index (χ3n) is 5.93. The lowest BCUT2D eigenvalue weighted by Crippen LogP contribution is -2.19. The molecule has 0 unspecified atom stereocenters. The molecule has 0 aliphatic heterocycles. The van der Waals surface area contributed by atoms with Crippen molar-refractivity contribution in [3.05, 3.63) is 93.0 Å². The quantitative estimate of drug-likeness (QED) is 0.370. The number of hydrogen-bond acceptors (Lipinski definition) is 2. The molecule has 7 heteroatoms. The molecular formula is C27H25ClF3NO2. The van der Waals surface area contributed by atoms with Crippen molar-refractivity contribution in [3.63, 3.8) is 0 Å². The van der Waals surface area contributed by atoms with Gasteiger partial charge in [-0.1, -0.05) is 29.8 Å². The van der Waals surface area contributed by atoms with Crippen molar-refractivity contribution < 1.29 is 22.7 Å². The highest BCUT2D eigenvalue weighted by Crippen LogP contribution is 2.43. The molecule has 3 aromatic rings. The molecule has 4 rings (SSSR count). The van der Waals surface area contributed by atoms with E-state index in [4.69, 9.17) is 16.3 Å². The molecule has 3 nitrogen and oxygen atoms in total. The summed E-state index contributed by atoms with van der Waals surface area (Å²) >= 11 is 6.01. The monoisotopic (exact) mass is 487 g/mol. The molecule has 0 atom stereocenters. The second-order valence-electron chi connectivity index (χ2n) is 8.69. The lowest BCUT2D eigenvalue weighted by Gasteiger charge is -2.17. The first kappa shape index (κ1) is 24.1.